The van der Waals surface area contributed by atoms with Crippen LogP contribution in [0, 0.1) is 0 Å². The molecule has 32 heavy (non-hydrogen) atoms. The maximum atomic E-state index is 12.6. The Bertz CT molecular complexity index is 1100. The lowest BCUT2D eigenvalue weighted by atomic mass is 9.98. The minimum Gasteiger partial charge on any atom is -0.491 e. The summed E-state index contributed by atoms with van der Waals surface area (Å²) in [5, 5.41) is 2.70. The number of esters is 1. The van der Waals surface area contributed by atoms with Gasteiger partial charge in [0.25, 0.3) is 0 Å². The summed E-state index contributed by atoms with van der Waals surface area (Å²) in [4.78, 5) is 24.5. The van der Waals surface area contributed by atoms with Crippen LogP contribution in [0.25, 0.3) is 11.1 Å². The summed E-state index contributed by atoms with van der Waals surface area (Å²) in [5.74, 6) is 0.133. The normalized spacial score (nSPS) is 11.9. The highest BCUT2D eigenvalue weighted by Crippen LogP contribution is 2.44. The van der Waals surface area contributed by atoms with Crippen molar-refractivity contribution in [2.45, 2.75) is 25.7 Å². The number of benzene rings is 3. The Balaban J connectivity index is 1.47. The third-order valence-electron chi connectivity index (χ3n) is 5.44. The van der Waals surface area contributed by atoms with Gasteiger partial charge in [-0.3, -0.25) is 10.1 Å². The van der Waals surface area contributed by atoms with Crippen LogP contribution < -0.4 is 14.8 Å². The van der Waals surface area contributed by atoms with Gasteiger partial charge in [0.05, 0.1) is 12.8 Å². The molecule has 6 nitrogen and oxygen atoms in total. The first-order valence-corrected chi connectivity index (χ1v) is 10.6. The number of carbonyl (C=O) groups is 2. The zero-order valence-corrected chi connectivity index (χ0v) is 18.1. The highest BCUT2D eigenvalue weighted by atomic mass is 16.6. The van der Waals surface area contributed by atoms with Crippen molar-refractivity contribution in [3.63, 3.8) is 0 Å². The Labute approximate surface area is 187 Å². The molecule has 3 aromatic rings. The van der Waals surface area contributed by atoms with Crippen molar-refractivity contribution >= 4 is 17.7 Å². The fraction of sp³-hybridized carbons (Fsp3) is 0.231. The van der Waals surface area contributed by atoms with E-state index in [2.05, 4.69) is 29.6 Å². The second-order valence-electron chi connectivity index (χ2n) is 7.51. The van der Waals surface area contributed by atoms with E-state index < -0.39 is 6.09 Å². The van der Waals surface area contributed by atoms with Crippen LogP contribution in [0.2, 0.25) is 0 Å². The van der Waals surface area contributed by atoms with Gasteiger partial charge in [-0.25, -0.2) is 4.79 Å². The molecule has 0 saturated heterocycles. The van der Waals surface area contributed by atoms with Gasteiger partial charge in [0.1, 0.15) is 6.61 Å². The van der Waals surface area contributed by atoms with Crippen molar-refractivity contribution < 1.29 is 23.8 Å². The number of para-hydroxylation sites is 1. The van der Waals surface area contributed by atoms with Gasteiger partial charge in [-0.15, -0.1) is 0 Å². The van der Waals surface area contributed by atoms with Gasteiger partial charge < -0.3 is 14.2 Å². The molecule has 0 bridgehead atoms. The van der Waals surface area contributed by atoms with Gasteiger partial charge in [0.2, 0.25) is 0 Å². The summed E-state index contributed by atoms with van der Waals surface area (Å²) < 4.78 is 16.3. The predicted octanol–water partition coefficient (Wildman–Crippen LogP) is 5.76. The van der Waals surface area contributed by atoms with Gasteiger partial charge in [-0.05, 0) is 40.8 Å². The van der Waals surface area contributed by atoms with E-state index in [1.165, 1.54) is 18.2 Å². The highest BCUT2D eigenvalue weighted by Gasteiger charge is 2.29. The third kappa shape index (κ3) is 4.30. The van der Waals surface area contributed by atoms with E-state index in [1.807, 2.05) is 31.2 Å². The van der Waals surface area contributed by atoms with Crippen LogP contribution in [0.15, 0.2) is 66.7 Å². The van der Waals surface area contributed by atoms with Crippen molar-refractivity contribution in [1.29, 1.82) is 0 Å². The van der Waals surface area contributed by atoms with E-state index in [4.69, 9.17) is 14.2 Å². The summed E-state index contributed by atoms with van der Waals surface area (Å²) in [6.45, 7) is 2.10. The molecule has 0 fully saturated rings. The zero-order valence-electron chi connectivity index (χ0n) is 18.1. The lowest BCUT2D eigenvalue weighted by Crippen LogP contribution is -2.18. The number of ether oxygens (including phenoxy) is 3. The standard InChI is InChI=1S/C26H25NO5/c1-3-9-24(28)32-23-15-8-14-22(25(23)30-2)27-26(29)31-16-21-19-12-6-4-10-17(19)18-11-5-7-13-20(18)21/h4-8,10-15,21H,3,9,16H2,1-2H3,(H,27,29). The topological polar surface area (TPSA) is 73.9 Å². The van der Waals surface area contributed by atoms with Crippen LogP contribution in [0.5, 0.6) is 11.5 Å². The summed E-state index contributed by atoms with van der Waals surface area (Å²) in [7, 11) is 1.45. The second kappa shape index (κ2) is 9.56. The zero-order chi connectivity index (χ0) is 22.5. The third-order valence-corrected chi connectivity index (χ3v) is 5.44. The van der Waals surface area contributed by atoms with E-state index in [0.717, 1.165) is 11.1 Å². The van der Waals surface area contributed by atoms with Gasteiger partial charge in [0.15, 0.2) is 11.5 Å². The van der Waals surface area contributed by atoms with Crippen molar-refractivity contribution in [2.24, 2.45) is 0 Å². The lowest BCUT2D eigenvalue weighted by Gasteiger charge is -2.16. The van der Waals surface area contributed by atoms with Gasteiger partial charge in [0, 0.05) is 12.3 Å². The van der Waals surface area contributed by atoms with Gasteiger partial charge >= 0.3 is 12.1 Å². The molecule has 0 heterocycles. The first-order chi connectivity index (χ1) is 15.6. The Morgan fingerprint density at radius 2 is 1.56 bits per heavy atom. The van der Waals surface area contributed by atoms with E-state index in [0.29, 0.717) is 18.5 Å². The Morgan fingerprint density at radius 1 is 0.906 bits per heavy atom. The molecule has 0 saturated carbocycles. The molecule has 1 amide bonds. The highest BCUT2D eigenvalue weighted by molar-refractivity contribution is 5.88. The van der Waals surface area contributed by atoms with Gasteiger partial charge in [-0.2, -0.15) is 0 Å². The number of anilines is 1. The number of fused-ring (bicyclic) bond motifs is 3. The van der Waals surface area contributed by atoms with Crippen LogP contribution >= 0.6 is 0 Å². The molecule has 4 rings (SSSR count). The molecule has 0 aromatic heterocycles. The number of hydrogen-bond donors (Lipinski definition) is 1. The smallest absolute Gasteiger partial charge is 0.411 e. The number of carbonyl (C=O) groups excluding carboxylic acids is 2. The maximum Gasteiger partial charge on any atom is 0.411 e. The largest absolute Gasteiger partial charge is 0.491 e. The molecule has 0 radical (unpaired) electrons. The van der Waals surface area contributed by atoms with Crippen LogP contribution in [-0.2, 0) is 9.53 Å². The van der Waals surface area contributed by atoms with Crippen LogP contribution in [0.3, 0.4) is 0 Å². The fourth-order valence-electron chi connectivity index (χ4n) is 4.03. The first-order valence-electron chi connectivity index (χ1n) is 10.6. The lowest BCUT2D eigenvalue weighted by molar-refractivity contribution is -0.134. The Morgan fingerprint density at radius 3 is 2.19 bits per heavy atom. The summed E-state index contributed by atoms with van der Waals surface area (Å²) in [6.07, 6.45) is 0.369. The van der Waals surface area contributed by atoms with Crippen molar-refractivity contribution in [3.8, 4) is 22.6 Å². The molecule has 0 unspecified atom stereocenters. The summed E-state index contributed by atoms with van der Waals surface area (Å²) in [5.41, 5.74) is 4.99. The van der Waals surface area contributed by atoms with Crippen molar-refractivity contribution in [1.82, 2.24) is 0 Å². The molecule has 0 atom stereocenters. The van der Waals surface area contributed by atoms with E-state index in [1.54, 1.807) is 18.2 Å². The first kappa shape index (κ1) is 21.4. The Hall–Kier alpha value is -3.80. The average Bonchev–Trinajstić information content (AvgIpc) is 3.12. The molecule has 3 aromatic carbocycles. The van der Waals surface area contributed by atoms with E-state index in [-0.39, 0.29) is 30.0 Å². The van der Waals surface area contributed by atoms with Crippen molar-refractivity contribution in [2.75, 3.05) is 19.0 Å². The molecule has 1 aliphatic rings. The number of rotatable bonds is 7. The second-order valence-corrected chi connectivity index (χ2v) is 7.51. The van der Waals surface area contributed by atoms with Gasteiger partial charge in [-0.1, -0.05) is 61.5 Å². The minimum absolute atomic E-state index is 0.0311. The summed E-state index contributed by atoms with van der Waals surface area (Å²) >= 11 is 0. The molecule has 1 aliphatic carbocycles. The van der Waals surface area contributed by atoms with Crippen LogP contribution in [-0.4, -0.2) is 25.8 Å². The summed E-state index contributed by atoms with van der Waals surface area (Å²) in [6, 6.07) is 21.3. The molecular formula is C26H25NO5. The number of amides is 1. The number of nitrogens with one attached hydrogen (secondary N) is 1. The van der Waals surface area contributed by atoms with Crippen LogP contribution in [0.1, 0.15) is 36.8 Å². The van der Waals surface area contributed by atoms with Crippen molar-refractivity contribution in [3.05, 3.63) is 77.9 Å². The molecule has 164 valence electrons. The van der Waals surface area contributed by atoms with E-state index >= 15 is 0 Å². The maximum absolute atomic E-state index is 12.6. The molecule has 0 aliphatic heterocycles. The minimum atomic E-state index is -0.609. The molecule has 1 N–H and O–H groups in total. The predicted molar refractivity (Wildman–Crippen MR) is 122 cm³/mol. The van der Waals surface area contributed by atoms with Crippen LogP contribution in [0.4, 0.5) is 10.5 Å². The molecular weight excluding hydrogens is 406 g/mol. The number of hydrogen-bond acceptors (Lipinski definition) is 5. The quantitative estimate of drug-likeness (QED) is 0.380. The average molecular weight is 431 g/mol. The number of methoxy groups -OCH3 is 1. The molecule has 6 heteroatoms. The SMILES string of the molecule is CCCC(=O)Oc1cccc(NC(=O)OCC2c3ccccc3-c3ccccc32)c1OC. The Kier molecular flexibility index (Phi) is 6.40. The molecule has 0 spiro atoms. The monoisotopic (exact) mass is 431 g/mol. The fourth-order valence-corrected chi connectivity index (χ4v) is 4.03. The van der Waals surface area contributed by atoms with E-state index in [9.17, 15) is 9.59 Å².